The van der Waals surface area contributed by atoms with Crippen LogP contribution in [0.15, 0.2) is 0 Å². The van der Waals surface area contributed by atoms with Gasteiger partial charge in [-0.05, 0) is 12.8 Å². The molecule has 4 heteroatoms. The van der Waals surface area contributed by atoms with Gasteiger partial charge in [0.25, 0.3) is 0 Å². The molecule has 1 saturated heterocycles. The molecule has 82 valence electrons. The molecule has 2 aliphatic rings. The fraction of sp³-hybridized carbons (Fsp3) is 1.00. The molecule has 4 nitrogen and oxygen atoms in total. The Kier molecular flexibility index (Phi) is 3.07. The monoisotopic (exact) mass is 200 g/mol. The van der Waals surface area contributed by atoms with E-state index in [0.717, 1.165) is 39.0 Å². The standard InChI is InChI=1S/C10H20N2O2/c1-14-9-6-10(7-9,8-13)12-4-2-11-3-5-12/h9,11,13H,2-8H2,1H3. The molecular weight excluding hydrogens is 180 g/mol. The van der Waals surface area contributed by atoms with Crippen molar-refractivity contribution in [1.29, 1.82) is 0 Å². The molecule has 14 heavy (non-hydrogen) atoms. The van der Waals surface area contributed by atoms with Gasteiger partial charge in [0, 0.05) is 38.8 Å². The largest absolute Gasteiger partial charge is 0.394 e. The van der Waals surface area contributed by atoms with E-state index in [1.54, 1.807) is 7.11 Å². The Morgan fingerprint density at radius 3 is 2.57 bits per heavy atom. The SMILES string of the molecule is COC1CC(CO)(N2CCNCC2)C1. The minimum atomic E-state index is 0.0305. The predicted molar refractivity (Wildman–Crippen MR) is 54.3 cm³/mol. The number of hydrogen-bond acceptors (Lipinski definition) is 4. The number of piperazine rings is 1. The predicted octanol–water partition coefficient (Wildman–Crippen LogP) is -0.568. The van der Waals surface area contributed by atoms with Crippen LogP contribution in [-0.4, -0.2) is 61.5 Å². The molecule has 0 amide bonds. The highest BCUT2D eigenvalue weighted by atomic mass is 16.5. The van der Waals surface area contributed by atoms with Gasteiger partial charge in [-0.1, -0.05) is 0 Å². The second-order valence-corrected chi connectivity index (χ2v) is 4.39. The zero-order valence-corrected chi connectivity index (χ0v) is 8.83. The average molecular weight is 200 g/mol. The Bertz CT molecular complexity index is 187. The van der Waals surface area contributed by atoms with Gasteiger partial charge in [-0.3, -0.25) is 4.90 Å². The quantitative estimate of drug-likeness (QED) is 0.640. The van der Waals surface area contributed by atoms with Gasteiger partial charge in [0.15, 0.2) is 0 Å². The summed E-state index contributed by atoms with van der Waals surface area (Å²) in [5.41, 5.74) is 0.0305. The number of hydrogen-bond donors (Lipinski definition) is 2. The van der Waals surface area contributed by atoms with Crippen LogP contribution in [0.25, 0.3) is 0 Å². The van der Waals surface area contributed by atoms with Gasteiger partial charge < -0.3 is 15.2 Å². The van der Waals surface area contributed by atoms with Gasteiger partial charge >= 0.3 is 0 Å². The van der Waals surface area contributed by atoms with E-state index in [4.69, 9.17) is 4.74 Å². The molecule has 0 spiro atoms. The zero-order valence-electron chi connectivity index (χ0n) is 8.83. The zero-order chi connectivity index (χ0) is 10.0. The highest BCUT2D eigenvalue weighted by Crippen LogP contribution is 2.39. The first kappa shape index (κ1) is 10.4. The van der Waals surface area contributed by atoms with E-state index in [2.05, 4.69) is 10.2 Å². The number of methoxy groups -OCH3 is 1. The van der Waals surface area contributed by atoms with Gasteiger partial charge in [0.1, 0.15) is 0 Å². The van der Waals surface area contributed by atoms with Crippen molar-refractivity contribution in [3.05, 3.63) is 0 Å². The summed E-state index contributed by atoms with van der Waals surface area (Å²) in [6, 6.07) is 0. The first-order valence-electron chi connectivity index (χ1n) is 5.40. The van der Waals surface area contributed by atoms with Crippen molar-refractivity contribution in [1.82, 2.24) is 10.2 Å². The van der Waals surface area contributed by atoms with Crippen LogP contribution in [0.5, 0.6) is 0 Å². The van der Waals surface area contributed by atoms with Crippen molar-refractivity contribution in [2.45, 2.75) is 24.5 Å². The molecule has 2 fully saturated rings. The van der Waals surface area contributed by atoms with Crippen molar-refractivity contribution in [2.75, 3.05) is 39.9 Å². The molecule has 1 saturated carbocycles. The van der Waals surface area contributed by atoms with Crippen LogP contribution in [0, 0.1) is 0 Å². The fourth-order valence-corrected chi connectivity index (χ4v) is 2.58. The molecule has 0 aromatic heterocycles. The fourth-order valence-electron chi connectivity index (χ4n) is 2.58. The first-order valence-corrected chi connectivity index (χ1v) is 5.40. The maximum absolute atomic E-state index is 9.48. The number of ether oxygens (including phenoxy) is 1. The van der Waals surface area contributed by atoms with Crippen LogP contribution in [0.1, 0.15) is 12.8 Å². The number of aliphatic hydroxyl groups excluding tert-OH is 1. The smallest absolute Gasteiger partial charge is 0.0617 e. The van der Waals surface area contributed by atoms with E-state index in [0.29, 0.717) is 6.10 Å². The van der Waals surface area contributed by atoms with Crippen molar-refractivity contribution in [3.8, 4) is 0 Å². The van der Waals surface area contributed by atoms with Crippen LogP contribution in [0.3, 0.4) is 0 Å². The summed E-state index contributed by atoms with van der Waals surface area (Å²) < 4.78 is 5.28. The van der Waals surface area contributed by atoms with Crippen LogP contribution >= 0.6 is 0 Å². The number of nitrogens with zero attached hydrogens (tertiary/aromatic N) is 1. The van der Waals surface area contributed by atoms with Gasteiger partial charge in [0.05, 0.1) is 12.7 Å². The second-order valence-electron chi connectivity index (χ2n) is 4.39. The molecule has 1 aliphatic carbocycles. The number of aliphatic hydroxyl groups is 1. The number of nitrogens with one attached hydrogen (secondary N) is 1. The molecule has 2 rings (SSSR count). The maximum Gasteiger partial charge on any atom is 0.0617 e. The lowest BCUT2D eigenvalue weighted by atomic mass is 9.73. The van der Waals surface area contributed by atoms with Crippen LogP contribution in [-0.2, 0) is 4.74 Å². The summed E-state index contributed by atoms with van der Waals surface area (Å²) in [6.07, 6.45) is 2.33. The first-order chi connectivity index (χ1) is 6.80. The van der Waals surface area contributed by atoms with Crippen molar-refractivity contribution < 1.29 is 9.84 Å². The summed E-state index contributed by atoms with van der Waals surface area (Å²) in [5, 5.41) is 12.8. The average Bonchev–Trinajstić information content (AvgIpc) is 2.19. The lowest BCUT2D eigenvalue weighted by Crippen LogP contribution is -2.65. The Balaban J connectivity index is 1.92. The summed E-state index contributed by atoms with van der Waals surface area (Å²) in [6.45, 7) is 4.46. The van der Waals surface area contributed by atoms with E-state index in [-0.39, 0.29) is 12.1 Å². The minimum absolute atomic E-state index is 0.0305. The maximum atomic E-state index is 9.48. The highest BCUT2D eigenvalue weighted by Gasteiger charge is 2.48. The molecule has 0 bridgehead atoms. The van der Waals surface area contributed by atoms with Crippen molar-refractivity contribution >= 4 is 0 Å². The Morgan fingerprint density at radius 2 is 2.07 bits per heavy atom. The Hall–Kier alpha value is -0.160. The second kappa shape index (κ2) is 4.14. The summed E-state index contributed by atoms with van der Waals surface area (Å²) >= 11 is 0. The third kappa shape index (κ3) is 1.67. The van der Waals surface area contributed by atoms with Crippen molar-refractivity contribution in [3.63, 3.8) is 0 Å². The van der Waals surface area contributed by atoms with E-state index in [1.165, 1.54) is 0 Å². The molecular formula is C10H20N2O2. The van der Waals surface area contributed by atoms with Gasteiger partial charge in [0.2, 0.25) is 0 Å². The normalized spacial score (nSPS) is 39.4. The molecule has 0 aromatic carbocycles. The van der Waals surface area contributed by atoms with Crippen LogP contribution < -0.4 is 5.32 Å². The topological polar surface area (TPSA) is 44.7 Å². The molecule has 1 heterocycles. The molecule has 1 aliphatic heterocycles. The molecule has 0 atom stereocenters. The molecule has 0 radical (unpaired) electrons. The summed E-state index contributed by atoms with van der Waals surface area (Å²) in [5.74, 6) is 0. The molecule has 0 aromatic rings. The van der Waals surface area contributed by atoms with E-state index < -0.39 is 0 Å². The minimum Gasteiger partial charge on any atom is -0.394 e. The van der Waals surface area contributed by atoms with E-state index in [1.807, 2.05) is 0 Å². The van der Waals surface area contributed by atoms with Gasteiger partial charge in [-0.2, -0.15) is 0 Å². The van der Waals surface area contributed by atoms with Gasteiger partial charge in [-0.25, -0.2) is 0 Å². The lowest BCUT2D eigenvalue weighted by Gasteiger charge is -2.54. The third-order valence-corrected chi connectivity index (χ3v) is 3.63. The summed E-state index contributed by atoms with van der Waals surface area (Å²) in [4.78, 5) is 2.42. The van der Waals surface area contributed by atoms with Gasteiger partial charge in [-0.15, -0.1) is 0 Å². The van der Waals surface area contributed by atoms with Crippen molar-refractivity contribution in [2.24, 2.45) is 0 Å². The highest BCUT2D eigenvalue weighted by molar-refractivity contribution is 5.04. The Labute approximate surface area is 85.2 Å². The Morgan fingerprint density at radius 1 is 1.43 bits per heavy atom. The van der Waals surface area contributed by atoms with E-state index in [9.17, 15) is 5.11 Å². The van der Waals surface area contributed by atoms with Crippen LogP contribution in [0.4, 0.5) is 0 Å². The number of rotatable bonds is 3. The third-order valence-electron chi connectivity index (χ3n) is 3.63. The molecule has 0 unspecified atom stereocenters. The lowest BCUT2D eigenvalue weighted by molar-refractivity contribution is -0.117. The molecule has 2 N–H and O–H groups in total. The van der Waals surface area contributed by atoms with E-state index >= 15 is 0 Å². The van der Waals surface area contributed by atoms with Crippen LogP contribution in [0.2, 0.25) is 0 Å². The summed E-state index contributed by atoms with van der Waals surface area (Å²) in [7, 11) is 1.75.